The number of rotatable bonds is 6. The van der Waals surface area contributed by atoms with Crippen LogP contribution in [0.5, 0.6) is 0 Å². The molecule has 4 heteroatoms. The first kappa shape index (κ1) is 13.5. The Labute approximate surface area is 101 Å². The summed E-state index contributed by atoms with van der Waals surface area (Å²) in [6.07, 6.45) is 0. The van der Waals surface area contributed by atoms with E-state index >= 15 is 0 Å². The second-order valence-corrected chi connectivity index (χ2v) is 5.25. The van der Waals surface area contributed by atoms with Crippen molar-refractivity contribution in [3.05, 3.63) is 35.6 Å². The molecule has 0 saturated heterocycles. The summed E-state index contributed by atoms with van der Waals surface area (Å²) in [5.74, 6) is 7.75. The monoisotopic (exact) mass is 242 g/mol. The van der Waals surface area contributed by atoms with Crippen LogP contribution < -0.4 is 11.3 Å². The summed E-state index contributed by atoms with van der Waals surface area (Å²) in [6.45, 7) is 4.34. The molecule has 0 saturated carbocycles. The van der Waals surface area contributed by atoms with Gasteiger partial charge in [-0.1, -0.05) is 32.0 Å². The average Bonchev–Trinajstić information content (AvgIpc) is 2.25. The molecule has 0 aliphatic heterocycles. The summed E-state index contributed by atoms with van der Waals surface area (Å²) in [5, 5.41) is 0. The highest BCUT2D eigenvalue weighted by Crippen LogP contribution is 2.21. The van der Waals surface area contributed by atoms with Crippen LogP contribution in [0, 0.1) is 11.7 Å². The number of nitrogens with two attached hydrogens (primary N) is 1. The third-order valence-electron chi connectivity index (χ3n) is 2.22. The standard InChI is InChI=1S/C12H19FN2S/c1-9(2)7-16-8-12(15-14)10-5-3-4-6-11(10)13/h3-6,9,12,15H,7-8,14H2,1-2H3. The van der Waals surface area contributed by atoms with Gasteiger partial charge in [-0.25, -0.2) is 4.39 Å². The first-order valence-electron chi connectivity index (χ1n) is 5.43. The van der Waals surface area contributed by atoms with E-state index in [0.29, 0.717) is 11.5 Å². The molecule has 0 aromatic heterocycles. The molecule has 0 amide bonds. The largest absolute Gasteiger partial charge is 0.271 e. The fraction of sp³-hybridized carbons (Fsp3) is 0.500. The minimum absolute atomic E-state index is 0.120. The Morgan fingerprint density at radius 1 is 1.31 bits per heavy atom. The first-order valence-corrected chi connectivity index (χ1v) is 6.59. The van der Waals surface area contributed by atoms with Crippen LogP contribution in [0.15, 0.2) is 24.3 Å². The number of hydrogen-bond donors (Lipinski definition) is 2. The summed E-state index contributed by atoms with van der Waals surface area (Å²) in [4.78, 5) is 0. The SMILES string of the molecule is CC(C)CSCC(NN)c1ccccc1F. The van der Waals surface area contributed by atoms with E-state index in [-0.39, 0.29) is 11.9 Å². The third kappa shape index (κ3) is 4.12. The normalized spacial score (nSPS) is 13.1. The van der Waals surface area contributed by atoms with Gasteiger partial charge in [-0.05, 0) is 17.7 Å². The van der Waals surface area contributed by atoms with E-state index < -0.39 is 0 Å². The molecule has 1 rings (SSSR count). The predicted molar refractivity (Wildman–Crippen MR) is 68.6 cm³/mol. The van der Waals surface area contributed by atoms with Crippen molar-refractivity contribution >= 4 is 11.8 Å². The Bertz CT molecular complexity index is 318. The Morgan fingerprint density at radius 3 is 2.56 bits per heavy atom. The van der Waals surface area contributed by atoms with Gasteiger partial charge in [0.1, 0.15) is 5.82 Å². The molecule has 1 aromatic rings. The Hall–Kier alpha value is -0.580. The molecule has 1 aromatic carbocycles. The zero-order chi connectivity index (χ0) is 12.0. The quantitative estimate of drug-likeness (QED) is 0.595. The van der Waals surface area contributed by atoms with Gasteiger partial charge in [-0.3, -0.25) is 11.3 Å². The van der Waals surface area contributed by atoms with Crippen LogP contribution in [0.4, 0.5) is 4.39 Å². The van der Waals surface area contributed by atoms with Crippen molar-refractivity contribution in [1.29, 1.82) is 0 Å². The molecule has 0 aliphatic carbocycles. The zero-order valence-corrected chi connectivity index (χ0v) is 10.6. The van der Waals surface area contributed by atoms with E-state index in [4.69, 9.17) is 5.84 Å². The van der Waals surface area contributed by atoms with Crippen molar-refractivity contribution in [1.82, 2.24) is 5.43 Å². The van der Waals surface area contributed by atoms with E-state index in [1.54, 1.807) is 23.9 Å². The molecule has 0 heterocycles. The third-order valence-corrected chi connectivity index (χ3v) is 3.69. The fourth-order valence-electron chi connectivity index (χ4n) is 1.41. The number of thioether (sulfide) groups is 1. The topological polar surface area (TPSA) is 38.0 Å². The van der Waals surface area contributed by atoms with Gasteiger partial charge >= 0.3 is 0 Å². The summed E-state index contributed by atoms with van der Waals surface area (Å²) in [5.41, 5.74) is 3.31. The molecule has 3 N–H and O–H groups in total. The Balaban J connectivity index is 2.57. The molecule has 90 valence electrons. The van der Waals surface area contributed by atoms with Gasteiger partial charge in [-0.15, -0.1) is 0 Å². The van der Waals surface area contributed by atoms with Crippen molar-refractivity contribution in [3.8, 4) is 0 Å². The molecule has 2 nitrogen and oxygen atoms in total. The summed E-state index contributed by atoms with van der Waals surface area (Å²) >= 11 is 1.79. The molecule has 16 heavy (non-hydrogen) atoms. The van der Waals surface area contributed by atoms with Crippen LogP contribution in [-0.4, -0.2) is 11.5 Å². The molecule has 0 spiro atoms. The second kappa shape index (κ2) is 6.89. The maximum atomic E-state index is 13.5. The number of hydrogen-bond acceptors (Lipinski definition) is 3. The molecular formula is C12H19FN2S. The molecule has 0 aliphatic rings. The second-order valence-electron chi connectivity index (χ2n) is 4.17. The van der Waals surface area contributed by atoms with Crippen LogP contribution in [0.3, 0.4) is 0 Å². The Kier molecular flexibility index (Phi) is 5.80. The van der Waals surface area contributed by atoms with Crippen LogP contribution in [0.2, 0.25) is 0 Å². The minimum Gasteiger partial charge on any atom is -0.271 e. The molecule has 1 unspecified atom stereocenters. The van der Waals surface area contributed by atoms with Gasteiger partial charge < -0.3 is 0 Å². The van der Waals surface area contributed by atoms with E-state index in [0.717, 1.165) is 11.5 Å². The van der Waals surface area contributed by atoms with Gasteiger partial charge in [0.25, 0.3) is 0 Å². The maximum Gasteiger partial charge on any atom is 0.128 e. The molecule has 1 atom stereocenters. The van der Waals surface area contributed by atoms with Crippen LogP contribution in [-0.2, 0) is 0 Å². The summed E-state index contributed by atoms with van der Waals surface area (Å²) < 4.78 is 13.5. The number of halogens is 1. The highest BCUT2D eigenvalue weighted by molar-refractivity contribution is 7.99. The first-order chi connectivity index (χ1) is 7.65. The van der Waals surface area contributed by atoms with Crippen LogP contribution in [0.25, 0.3) is 0 Å². The lowest BCUT2D eigenvalue weighted by Gasteiger charge is -2.17. The highest BCUT2D eigenvalue weighted by atomic mass is 32.2. The van der Waals surface area contributed by atoms with Gasteiger partial charge in [0.05, 0.1) is 6.04 Å². The van der Waals surface area contributed by atoms with Crippen molar-refractivity contribution < 1.29 is 4.39 Å². The van der Waals surface area contributed by atoms with E-state index in [1.807, 2.05) is 6.07 Å². The molecule has 0 bridgehead atoms. The predicted octanol–water partition coefficient (Wildman–Crippen LogP) is 2.72. The smallest absolute Gasteiger partial charge is 0.128 e. The van der Waals surface area contributed by atoms with Crippen molar-refractivity contribution in [2.24, 2.45) is 11.8 Å². The highest BCUT2D eigenvalue weighted by Gasteiger charge is 2.13. The van der Waals surface area contributed by atoms with Gasteiger partial charge in [-0.2, -0.15) is 11.8 Å². The van der Waals surface area contributed by atoms with Crippen molar-refractivity contribution in [2.75, 3.05) is 11.5 Å². The van der Waals surface area contributed by atoms with E-state index in [9.17, 15) is 4.39 Å². The lowest BCUT2D eigenvalue weighted by molar-refractivity contribution is 0.546. The molecular weight excluding hydrogens is 223 g/mol. The maximum absolute atomic E-state index is 13.5. The van der Waals surface area contributed by atoms with Gasteiger partial charge in [0.15, 0.2) is 0 Å². The van der Waals surface area contributed by atoms with E-state index in [1.165, 1.54) is 6.07 Å². The van der Waals surface area contributed by atoms with Crippen molar-refractivity contribution in [2.45, 2.75) is 19.9 Å². The fourth-order valence-corrected chi connectivity index (χ4v) is 2.53. The lowest BCUT2D eigenvalue weighted by atomic mass is 10.1. The van der Waals surface area contributed by atoms with Crippen molar-refractivity contribution in [3.63, 3.8) is 0 Å². The van der Waals surface area contributed by atoms with E-state index in [2.05, 4.69) is 19.3 Å². The van der Waals surface area contributed by atoms with Gasteiger partial charge in [0.2, 0.25) is 0 Å². The number of hydrazine groups is 1. The van der Waals surface area contributed by atoms with Gasteiger partial charge in [0, 0.05) is 11.3 Å². The Morgan fingerprint density at radius 2 is 2.00 bits per heavy atom. The average molecular weight is 242 g/mol. The summed E-state index contributed by atoms with van der Waals surface area (Å²) in [6, 6.07) is 6.64. The molecule has 0 fully saturated rings. The number of nitrogens with one attached hydrogen (secondary N) is 1. The van der Waals surface area contributed by atoms with Crippen LogP contribution >= 0.6 is 11.8 Å². The molecule has 0 radical (unpaired) electrons. The summed E-state index contributed by atoms with van der Waals surface area (Å²) in [7, 11) is 0. The zero-order valence-electron chi connectivity index (χ0n) is 9.74. The lowest BCUT2D eigenvalue weighted by Crippen LogP contribution is -2.30. The number of benzene rings is 1. The minimum atomic E-state index is -0.199. The van der Waals surface area contributed by atoms with Crippen LogP contribution in [0.1, 0.15) is 25.5 Å².